The van der Waals surface area contributed by atoms with Gasteiger partial charge >= 0.3 is 0 Å². The lowest BCUT2D eigenvalue weighted by Gasteiger charge is -2.32. The Hall–Kier alpha value is -0.820. The van der Waals surface area contributed by atoms with Gasteiger partial charge in [-0.05, 0) is 54.6 Å². The Kier molecular flexibility index (Phi) is 4.45. The van der Waals surface area contributed by atoms with Crippen molar-refractivity contribution < 1.29 is 5.11 Å². The summed E-state index contributed by atoms with van der Waals surface area (Å²) < 4.78 is 0. The molecular weight excluding hydrogens is 220 g/mol. The fourth-order valence-electron chi connectivity index (χ4n) is 3.37. The SMILES string of the molecule is CC(C)CC(C)C(O)C1CCc2ccccc2C1. The van der Waals surface area contributed by atoms with Crippen LogP contribution in [0.25, 0.3) is 0 Å². The van der Waals surface area contributed by atoms with Gasteiger partial charge in [0.25, 0.3) is 0 Å². The summed E-state index contributed by atoms with van der Waals surface area (Å²) in [6, 6.07) is 8.69. The summed E-state index contributed by atoms with van der Waals surface area (Å²) in [5, 5.41) is 10.5. The molecule has 1 aliphatic carbocycles. The first kappa shape index (κ1) is 13.6. The number of hydrogen-bond donors (Lipinski definition) is 1. The van der Waals surface area contributed by atoms with E-state index in [9.17, 15) is 5.11 Å². The number of aliphatic hydroxyl groups is 1. The van der Waals surface area contributed by atoms with Crippen LogP contribution in [0.15, 0.2) is 24.3 Å². The van der Waals surface area contributed by atoms with E-state index in [2.05, 4.69) is 45.0 Å². The van der Waals surface area contributed by atoms with Crippen LogP contribution in [0.4, 0.5) is 0 Å². The van der Waals surface area contributed by atoms with Gasteiger partial charge in [-0.2, -0.15) is 0 Å². The van der Waals surface area contributed by atoms with Crippen LogP contribution in [0.1, 0.15) is 44.7 Å². The highest BCUT2D eigenvalue weighted by Gasteiger charge is 2.28. The van der Waals surface area contributed by atoms with Crippen LogP contribution in [0.3, 0.4) is 0 Å². The highest BCUT2D eigenvalue weighted by Crippen LogP contribution is 2.31. The van der Waals surface area contributed by atoms with Gasteiger partial charge in [0.05, 0.1) is 6.10 Å². The van der Waals surface area contributed by atoms with Gasteiger partial charge in [0, 0.05) is 0 Å². The summed E-state index contributed by atoms with van der Waals surface area (Å²) in [5.41, 5.74) is 2.93. The standard InChI is InChI=1S/C17H26O/c1-12(2)10-13(3)17(18)16-9-8-14-6-4-5-7-15(14)11-16/h4-7,12-13,16-18H,8-11H2,1-3H3. The number of aryl methyl sites for hydroxylation is 1. The van der Waals surface area contributed by atoms with Crippen LogP contribution < -0.4 is 0 Å². The molecule has 3 atom stereocenters. The Labute approximate surface area is 111 Å². The molecule has 0 amide bonds. The van der Waals surface area contributed by atoms with Gasteiger partial charge in [0.2, 0.25) is 0 Å². The zero-order valence-electron chi connectivity index (χ0n) is 11.9. The van der Waals surface area contributed by atoms with Crippen molar-refractivity contribution in [2.75, 3.05) is 0 Å². The number of rotatable bonds is 4. The first-order valence-electron chi connectivity index (χ1n) is 7.32. The van der Waals surface area contributed by atoms with Crippen LogP contribution in [0.2, 0.25) is 0 Å². The van der Waals surface area contributed by atoms with E-state index in [0.29, 0.717) is 17.8 Å². The Morgan fingerprint density at radius 1 is 1.17 bits per heavy atom. The van der Waals surface area contributed by atoms with Crippen LogP contribution in [-0.2, 0) is 12.8 Å². The fraction of sp³-hybridized carbons (Fsp3) is 0.647. The van der Waals surface area contributed by atoms with E-state index >= 15 is 0 Å². The summed E-state index contributed by atoms with van der Waals surface area (Å²) >= 11 is 0. The maximum atomic E-state index is 10.5. The second-order valence-corrected chi connectivity index (χ2v) is 6.37. The minimum Gasteiger partial charge on any atom is -0.393 e. The maximum absolute atomic E-state index is 10.5. The van der Waals surface area contributed by atoms with Gasteiger partial charge in [0.1, 0.15) is 0 Å². The van der Waals surface area contributed by atoms with Crippen LogP contribution in [0.5, 0.6) is 0 Å². The third-order valence-corrected chi connectivity index (χ3v) is 4.29. The molecule has 1 aromatic rings. The van der Waals surface area contributed by atoms with E-state index in [0.717, 1.165) is 25.7 Å². The zero-order valence-corrected chi connectivity index (χ0v) is 11.9. The van der Waals surface area contributed by atoms with Crippen molar-refractivity contribution in [1.82, 2.24) is 0 Å². The fourth-order valence-corrected chi connectivity index (χ4v) is 3.37. The zero-order chi connectivity index (χ0) is 13.1. The molecule has 1 aromatic carbocycles. The van der Waals surface area contributed by atoms with Crippen molar-refractivity contribution in [2.45, 2.75) is 52.6 Å². The molecule has 1 heteroatoms. The van der Waals surface area contributed by atoms with Crippen molar-refractivity contribution in [3.63, 3.8) is 0 Å². The van der Waals surface area contributed by atoms with E-state index in [1.165, 1.54) is 11.1 Å². The molecule has 1 N–H and O–H groups in total. The quantitative estimate of drug-likeness (QED) is 0.856. The molecule has 1 nitrogen and oxygen atoms in total. The third-order valence-electron chi connectivity index (χ3n) is 4.29. The van der Waals surface area contributed by atoms with E-state index < -0.39 is 0 Å². The van der Waals surface area contributed by atoms with Crippen molar-refractivity contribution in [3.05, 3.63) is 35.4 Å². The number of hydrogen-bond acceptors (Lipinski definition) is 1. The lowest BCUT2D eigenvalue weighted by atomic mass is 9.76. The molecule has 0 saturated heterocycles. The van der Waals surface area contributed by atoms with Crippen LogP contribution >= 0.6 is 0 Å². The summed E-state index contributed by atoms with van der Waals surface area (Å²) in [7, 11) is 0. The predicted molar refractivity (Wildman–Crippen MR) is 76.6 cm³/mol. The molecule has 1 aliphatic rings. The summed E-state index contributed by atoms with van der Waals surface area (Å²) in [5.74, 6) is 1.54. The molecular formula is C17H26O. The first-order valence-corrected chi connectivity index (χ1v) is 7.32. The average Bonchev–Trinajstić information content (AvgIpc) is 2.36. The van der Waals surface area contributed by atoms with Gasteiger partial charge in [-0.15, -0.1) is 0 Å². The molecule has 0 spiro atoms. The van der Waals surface area contributed by atoms with Gasteiger partial charge in [-0.1, -0.05) is 45.0 Å². The summed E-state index contributed by atoms with van der Waals surface area (Å²) in [6.45, 7) is 6.67. The minimum atomic E-state index is -0.138. The number of fused-ring (bicyclic) bond motifs is 1. The normalized spacial score (nSPS) is 22.6. The van der Waals surface area contributed by atoms with E-state index in [1.54, 1.807) is 0 Å². The monoisotopic (exact) mass is 246 g/mol. The largest absolute Gasteiger partial charge is 0.393 e. The Balaban J connectivity index is 2.00. The molecule has 3 unspecified atom stereocenters. The van der Waals surface area contributed by atoms with Crippen molar-refractivity contribution in [2.24, 2.45) is 17.8 Å². The van der Waals surface area contributed by atoms with Gasteiger partial charge in [-0.3, -0.25) is 0 Å². The number of benzene rings is 1. The Bertz CT molecular complexity index is 383. The molecule has 0 bridgehead atoms. The summed E-state index contributed by atoms with van der Waals surface area (Å²) in [4.78, 5) is 0. The molecule has 0 saturated carbocycles. The molecule has 0 fully saturated rings. The molecule has 18 heavy (non-hydrogen) atoms. The topological polar surface area (TPSA) is 20.2 Å². The van der Waals surface area contributed by atoms with Gasteiger partial charge in [-0.25, -0.2) is 0 Å². The molecule has 0 radical (unpaired) electrons. The molecule has 2 rings (SSSR count). The predicted octanol–water partition coefficient (Wildman–Crippen LogP) is 3.83. The smallest absolute Gasteiger partial charge is 0.0597 e. The lowest BCUT2D eigenvalue weighted by Crippen LogP contribution is -2.32. The Morgan fingerprint density at radius 2 is 1.83 bits per heavy atom. The van der Waals surface area contributed by atoms with Crippen molar-refractivity contribution in [1.29, 1.82) is 0 Å². The highest BCUT2D eigenvalue weighted by molar-refractivity contribution is 5.29. The maximum Gasteiger partial charge on any atom is 0.0597 e. The lowest BCUT2D eigenvalue weighted by molar-refractivity contribution is 0.0425. The first-order chi connectivity index (χ1) is 8.58. The third kappa shape index (κ3) is 3.14. The van der Waals surface area contributed by atoms with E-state index in [1.807, 2.05) is 0 Å². The Morgan fingerprint density at radius 3 is 2.50 bits per heavy atom. The molecule has 100 valence electrons. The van der Waals surface area contributed by atoms with Crippen molar-refractivity contribution >= 4 is 0 Å². The van der Waals surface area contributed by atoms with E-state index in [-0.39, 0.29) is 6.10 Å². The average molecular weight is 246 g/mol. The van der Waals surface area contributed by atoms with E-state index in [4.69, 9.17) is 0 Å². The van der Waals surface area contributed by atoms with Crippen molar-refractivity contribution in [3.8, 4) is 0 Å². The van der Waals surface area contributed by atoms with Gasteiger partial charge < -0.3 is 5.11 Å². The van der Waals surface area contributed by atoms with Crippen LogP contribution in [0, 0.1) is 17.8 Å². The number of aliphatic hydroxyl groups excluding tert-OH is 1. The minimum absolute atomic E-state index is 0.138. The molecule has 0 aromatic heterocycles. The molecule has 0 heterocycles. The van der Waals surface area contributed by atoms with Crippen LogP contribution in [-0.4, -0.2) is 11.2 Å². The second kappa shape index (κ2) is 5.88. The molecule has 0 aliphatic heterocycles. The summed E-state index contributed by atoms with van der Waals surface area (Å²) in [6.07, 6.45) is 4.31. The van der Waals surface area contributed by atoms with Gasteiger partial charge in [0.15, 0.2) is 0 Å². The second-order valence-electron chi connectivity index (χ2n) is 6.37. The highest BCUT2D eigenvalue weighted by atomic mass is 16.3.